The summed E-state index contributed by atoms with van der Waals surface area (Å²) in [5.74, 6) is 0. The Kier molecular flexibility index (Phi) is 5.99. The molecule has 0 fully saturated rings. The van der Waals surface area contributed by atoms with Crippen LogP contribution in [0.2, 0.25) is 0 Å². The standard InChI is InChI=1S/C7H16O2/c1-4-5-8-6-9-7(2)3/h7H,4-6H2,1-3H3. The molecule has 0 saturated carbocycles. The molecule has 0 rings (SSSR count). The molecule has 0 aromatic rings. The molecule has 0 N–H and O–H groups in total. The minimum Gasteiger partial charge on any atom is -0.355 e. The number of ether oxygens (including phenoxy) is 2. The van der Waals surface area contributed by atoms with E-state index in [0.29, 0.717) is 6.79 Å². The fraction of sp³-hybridized carbons (Fsp3) is 1.00. The molecule has 0 heterocycles. The molecule has 0 atom stereocenters. The molecule has 0 spiro atoms. The van der Waals surface area contributed by atoms with Gasteiger partial charge in [0.05, 0.1) is 6.10 Å². The third kappa shape index (κ3) is 7.92. The van der Waals surface area contributed by atoms with Crippen LogP contribution in [0.1, 0.15) is 27.2 Å². The Labute approximate surface area is 57.2 Å². The lowest BCUT2D eigenvalue weighted by atomic mass is 10.5. The fourth-order valence-electron chi connectivity index (χ4n) is 0.387. The smallest absolute Gasteiger partial charge is 0.147 e. The van der Waals surface area contributed by atoms with Crippen molar-refractivity contribution in [2.75, 3.05) is 13.4 Å². The van der Waals surface area contributed by atoms with Crippen molar-refractivity contribution in [1.29, 1.82) is 0 Å². The Morgan fingerprint density at radius 1 is 1.33 bits per heavy atom. The molecule has 0 aromatic heterocycles. The first-order valence-electron chi connectivity index (χ1n) is 3.46. The molecule has 0 amide bonds. The summed E-state index contributed by atoms with van der Waals surface area (Å²) in [6.45, 7) is 7.30. The Balaban J connectivity index is 2.75. The van der Waals surface area contributed by atoms with E-state index in [1.165, 1.54) is 0 Å². The summed E-state index contributed by atoms with van der Waals surface area (Å²) in [6, 6.07) is 0. The van der Waals surface area contributed by atoms with Gasteiger partial charge in [0, 0.05) is 6.61 Å². The highest BCUT2D eigenvalue weighted by Crippen LogP contribution is 1.88. The Hall–Kier alpha value is -0.0800. The Morgan fingerprint density at radius 3 is 2.44 bits per heavy atom. The first-order chi connectivity index (χ1) is 4.27. The predicted molar refractivity (Wildman–Crippen MR) is 37.3 cm³/mol. The van der Waals surface area contributed by atoms with Crippen LogP contribution in [0.4, 0.5) is 0 Å². The van der Waals surface area contributed by atoms with Gasteiger partial charge in [0.25, 0.3) is 0 Å². The van der Waals surface area contributed by atoms with Crippen molar-refractivity contribution in [3.05, 3.63) is 0 Å². The van der Waals surface area contributed by atoms with Crippen LogP contribution in [0.15, 0.2) is 0 Å². The van der Waals surface area contributed by atoms with Crippen molar-refractivity contribution in [3.8, 4) is 0 Å². The molecule has 0 bridgehead atoms. The highest BCUT2D eigenvalue weighted by Gasteiger charge is 1.89. The predicted octanol–water partition coefficient (Wildman–Crippen LogP) is 1.80. The van der Waals surface area contributed by atoms with Crippen molar-refractivity contribution in [3.63, 3.8) is 0 Å². The first-order valence-corrected chi connectivity index (χ1v) is 3.46. The van der Waals surface area contributed by atoms with Gasteiger partial charge < -0.3 is 9.47 Å². The zero-order valence-electron chi connectivity index (χ0n) is 6.52. The van der Waals surface area contributed by atoms with E-state index in [0.717, 1.165) is 13.0 Å². The summed E-state index contributed by atoms with van der Waals surface area (Å²) in [4.78, 5) is 0. The Morgan fingerprint density at radius 2 is 2.00 bits per heavy atom. The largest absolute Gasteiger partial charge is 0.355 e. The summed E-state index contributed by atoms with van der Waals surface area (Å²) in [7, 11) is 0. The monoisotopic (exact) mass is 132 g/mol. The highest BCUT2D eigenvalue weighted by molar-refractivity contribution is 4.30. The molecule has 0 saturated heterocycles. The van der Waals surface area contributed by atoms with Crippen LogP contribution in [-0.2, 0) is 9.47 Å². The first kappa shape index (κ1) is 8.92. The molecular formula is C7H16O2. The lowest BCUT2D eigenvalue weighted by molar-refractivity contribution is -0.0780. The minimum absolute atomic E-state index is 0.279. The zero-order chi connectivity index (χ0) is 7.11. The van der Waals surface area contributed by atoms with Gasteiger partial charge in [-0.15, -0.1) is 0 Å². The molecule has 2 heteroatoms. The minimum atomic E-state index is 0.279. The van der Waals surface area contributed by atoms with Crippen LogP contribution in [-0.4, -0.2) is 19.5 Å². The molecule has 2 nitrogen and oxygen atoms in total. The van der Waals surface area contributed by atoms with Crippen molar-refractivity contribution < 1.29 is 9.47 Å². The summed E-state index contributed by atoms with van der Waals surface area (Å²) < 4.78 is 10.2. The van der Waals surface area contributed by atoms with E-state index in [2.05, 4.69) is 6.92 Å². The van der Waals surface area contributed by atoms with E-state index in [1.54, 1.807) is 0 Å². The summed E-state index contributed by atoms with van der Waals surface area (Å²) >= 11 is 0. The second-order valence-electron chi connectivity index (χ2n) is 2.24. The van der Waals surface area contributed by atoms with Gasteiger partial charge in [-0.1, -0.05) is 6.92 Å². The molecule has 0 radical (unpaired) electrons. The molecule has 9 heavy (non-hydrogen) atoms. The lowest BCUT2D eigenvalue weighted by Gasteiger charge is -2.06. The van der Waals surface area contributed by atoms with E-state index in [4.69, 9.17) is 9.47 Å². The quantitative estimate of drug-likeness (QED) is 0.419. The van der Waals surface area contributed by atoms with Gasteiger partial charge in [0.2, 0.25) is 0 Å². The van der Waals surface area contributed by atoms with Crippen LogP contribution in [0.5, 0.6) is 0 Å². The van der Waals surface area contributed by atoms with Gasteiger partial charge in [-0.2, -0.15) is 0 Å². The fourth-order valence-corrected chi connectivity index (χ4v) is 0.387. The van der Waals surface area contributed by atoms with E-state index < -0.39 is 0 Å². The lowest BCUT2D eigenvalue weighted by Crippen LogP contribution is -2.07. The maximum Gasteiger partial charge on any atom is 0.147 e. The Bertz CT molecular complexity index is 52.9. The number of hydrogen-bond donors (Lipinski definition) is 0. The third-order valence-electron chi connectivity index (χ3n) is 0.833. The highest BCUT2D eigenvalue weighted by atomic mass is 16.7. The van der Waals surface area contributed by atoms with Gasteiger partial charge in [0.1, 0.15) is 6.79 Å². The van der Waals surface area contributed by atoms with Crippen molar-refractivity contribution in [1.82, 2.24) is 0 Å². The van der Waals surface area contributed by atoms with E-state index >= 15 is 0 Å². The van der Waals surface area contributed by atoms with Crippen LogP contribution in [0.25, 0.3) is 0 Å². The van der Waals surface area contributed by atoms with Crippen molar-refractivity contribution >= 4 is 0 Å². The molecule has 0 aromatic carbocycles. The summed E-state index contributed by atoms with van der Waals surface area (Å²) in [5.41, 5.74) is 0. The normalized spacial score (nSPS) is 10.7. The van der Waals surface area contributed by atoms with Crippen molar-refractivity contribution in [2.24, 2.45) is 0 Å². The second-order valence-corrected chi connectivity index (χ2v) is 2.24. The zero-order valence-corrected chi connectivity index (χ0v) is 6.52. The van der Waals surface area contributed by atoms with Crippen LogP contribution >= 0.6 is 0 Å². The number of hydrogen-bond acceptors (Lipinski definition) is 2. The molecule has 0 aliphatic carbocycles. The molecular weight excluding hydrogens is 116 g/mol. The average Bonchev–Trinajstić information content (AvgIpc) is 1.80. The van der Waals surface area contributed by atoms with Gasteiger partial charge >= 0.3 is 0 Å². The van der Waals surface area contributed by atoms with Crippen LogP contribution in [0.3, 0.4) is 0 Å². The third-order valence-corrected chi connectivity index (χ3v) is 0.833. The topological polar surface area (TPSA) is 18.5 Å². The van der Waals surface area contributed by atoms with Crippen LogP contribution in [0, 0.1) is 0 Å². The number of rotatable bonds is 5. The van der Waals surface area contributed by atoms with Gasteiger partial charge in [-0.25, -0.2) is 0 Å². The maximum atomic E-state index is 5.12. The molecule has 0 aliphatic heterocycles. The summed E-state index contributed by atoms with van der Waals surface area (Å²) in [6.07, 6.45) is 1.34. The summed E-state index contributed by atoms with van der Waals surface area (Å²) in [5, 5.41) is 0. The second kappa shape index (κ2) is 6.05. The maximum absolute atomic E-state index is 5.12. The van der Waals surface area contributed by atoms with E-state index in [9.17, 15) is 0 Å². The van der Waals surface area contributed by atoms with E-state index in [-0.39, 0.29) is 6.10 Å². The molecule has 56 valence electrons. The average molecular weight is 132 g/mol. The van der Waals surface area contributed by atoms with E-state index in [1.807, 2.05) is 13.8 Å². The van der Waals surface area contributed by atoms with Gasteiger partial charge in [-0.3, -0.25) is 0 Å². The van der Waals surface area contributed by atoms with Crippen molar-refractivity contribution in [2.45, 2.75) is 33.3 Å². The van der Waals surface area contributed by atoms with Gasteiger partial charge in [-0.05, 0) is 20.3 Å². The SMILES string of the molecule is CCCOCOC(C)C. The molecule has 0 unspecified atom stereocenters. The van der Waals surface area contributed by atoms with Gasteiger partial charge in [0.15, 0.2) is 0 Å². The molecule has 0 aliphatic rings. The van der Waals surface area contributed by atoms with Crippen LogP contribution < -0.4 is 0 Å².